The van der Waals surface area contributed by atoms with Crippen LogP contribution < -0.4 is 10.2 Å². The molecule has 1 fully saturated rings. The van der Waals surface area contributed by atoms with Crippen LogP contribution in [0.5, 0.6) is 0 Å². The van der Waals surface area contributed by atoms with E-state index in [9.17, 15) is 4.79 Å². The van der Waals surface area contributed by atoms with Crippen LogP contribution >= 0.6 is 11.3 Å². The molecule has 1 amide bonds. The Balaban J connectivity index is 1.36. The Morgan fingerprint density at radius 3 is 2.50 bits per heavy atom. The molecule has 0 radical (unpaired) electrons. The molecule has 0 aliphatic carbocycles. The van der Waals surface area contributed by atoms with Crippen LogP contribution in [0.15, 0.2) is 60.7 Å². The maximum absolute atomic E-state index is 12.9. The van der Waals surface area contributed by atoms with Gasteiger partial charge in [0.2, 0.25) is 0 Å². The Kier molecular flexibility index (Phi) is 4.98. The number of anilines is 2. The number of carbonyl (C=O) groups is 1. The first kappa shape index (κ1) is 18.8. The molecule has 4 aromatic rings. The highest BCUT2D eigenvalue weighted by Gasteiger charge is 2.17. The van der Waals surface area contributed by atoms with E-state index in [1.54, 1.807) is 0 Å². The number of rotatable bonds is 4. The Bertz CT molecular complexity index is 1180. The lowest BCUT2D eigenvalue weighted by Gasteiger charge is -2.28. The van der Waals surface area contributed by atoms with E-state index in [0.717, 1.165) is 59.3 Å². The van der Waals surface area contributed by atoms with Gasteiger partial charge in [0.05, 0.1) is 29.5 Å². The predicted octanol–water partition coefficient (Wildman–Crippen LogP) is 4.48. The van der Waals surface area contributed by atoms with E-state index in [2.05, 4.69) is 15.3 Å². The Labute approximate surface area is 178 Å². The average molecular weight is 419 g/mol. The van der Waals surface area contributed by atoms with Crippen molar-refractivity contribution in [2.45, 2.75) is 6.92 Å². The summed E-state index contributed by atoms with van der Waals surface area (Å²) in [6.45, 7) is 5.27. The van der Waals surface area contributed by atoms with Gasteiger partial charge in [-0.15, -0.1) is 11.3 Å². The van der Waals surface area contributed by atoms with Crippen LogP contribution in [0.3, 0.4) is 0 Å². The van der Waals surface area contributed by atoms with Gasteiger partial charge in [-0.3, -0.25) is 4.79 Å². The summed E-state index contributed by atoms with van der Waals surface area (Å²) in [7, 11) is 0. The largest absolute Gasteiger partial charge is 0.378 e. The number of thiophene rings is 1. The molecule has 7 heteroatoms. The lowest BCUT2D eigenvalue weighted by atomic mass is 10.2. The number of nitrogens with one attached hydrogen (secondary N) is 1. The minimum absolute atomic E-state index is 0.102. The van der Waals surface area contributed by atoms with Gasteiger partial charge in [-0.05, 0) is 49.4 Å². The molecular formula is C23H22N4O2S. The summed E-state index contributed by atoms with van der Waals surface area (Å²) < 4.78 is 7.31. The minimum Gasteiger partial charge on any atom is -0.378 e. The minimum atomic E-state index is -0.102. The number of morpholine rings is 1. The van der Waals surface area contributed by atoms with Crippen molar-refractivity contribution >= 4 is 38.8 Å². The third-order valence-corrected chi connectivity index (χ3v) is 6.38. The second-order valence-electron chi connectivity index (χ2n) is 7.26. The smallest absolute Gasteiger partial charge is 0.265 e. The number of aryl methyl sites for hydroxylation is 1. The highest BCUT2D eigenvalue weighted by Crippen LogP contribution is 2.31. The van der Waals surface area contributed by atoms with Crippen molar-refractivity contribution in [1.29, 1.82) is 0 Å². The van der Waals surface area contributed by atoms with E-state index in [0.29, 0.717) is 4.88 Å². The SMILES string of the molecule is Cc1nn(-c2ccccc2)c2sc(C(=O)Nc3ccc(N4CCOCC4)cc3)cc12. The fourth-order valence-electron chi connectivity index (χ4n) is 3.67. The predicted molar refractivity (Wildman–Crippen MR) is 121 cm³/mol. The van der Waals surface area contributed by atoms with Crippen molar-refractivity contribution < 1.29 is 9.53 Å². The lowest BCUT2D eigenvalue weighted by Crippen LogP contribution is -2.36. The highest BCUT2D eigenvalue weighted by molar-refractivity contribution is 7.20. The van der Waals surface area contributed by atoms with Crippen LogP contribution in [0, 0.1) is 6.92 Å². The summed E-state index contributed by atoms with van der Waals surface area (Å²) in [5, 5.41) is 8.67. The topological polar surface area (TPSA) is 59.4 Å². The van der Waals surface area contributed by atoms with Gasteiger partial charge in [-0.2, -0.15) is 5.10 Å². The van der Waals surface area contributed by atoms with Gasteiger partial charge in [0, 0.05) is 29.9 Å². The number of ether oxygens (including phenoxy) is 1. The molecule has 0 atom stereocenters. The first-order valence-corrected chi connectivity index (χ1v) is 10.8. The number of hydrogen-bond acceptors (Lipinski definition) is 5. The first-order valence-electron chi connectivity index (χ1n) is 9.98. The van der Waals surface area contributed by atoms with Gasteiger partial charge in [-0.25, -0.2) is 4.68 Å². The van der Waals surface area contributed by atoms with Crippen molar-refractivity contribution in [2.75, 3.05) is 36.5 Å². The van der Waals surface area contributed by atoms with Crippen LogP contribution in [0.25, 0.3) is 15.9 Å². The van der Waals surface area contributed by atoms with E-state index >= 15 is 0 Å². The molecule has 152 valence electrons. The molecule has 30 heavy (non-hydrogen) atoms. The van der Waals surface area contributed by atoms with Crippen molar-refractivity contribution in [3.8, 4) is 5.69 Å². The number of carbonyl (C=O) groups excluding carboxylic acids is 1. The van der Waals surface area contributed by atoms with Crippen LogP contribution in [0.4, 0.5) is 11.4 Å². The molecule has 0 spiro atoms. The molecule has 2 aromatic carbocycles. The molecular weight excluding hydrogens is 396 g/mol. The van der Waals surface area contributed by atoms with Gasteiger partial charge in [0.1, 0.15) is 4.83 Å². The monoisotopic (exact) mass is 418 g/mol. The Morgan fingerprint density at radius 1 is 1.03 bits per heavy atom. The van der Waals surface area contributed by atoms with E-state index in [1.165, 1.54) is 11.3 Å². The van der Waals surface area contributed by atoms with E-state index in [4.69, 9.17) is 4.74 Å². The first-order chi connectivity index (χ1) is 14.7. The summed E-state index contributed by atoms with van der Waals surface area (Å²) in [4.78, 5) is 16.8. The molecule has 2 aromatic heterocycles. The molecule has 5 rings (SSSR count). The lowest BCUT2D eigenvalue weighted by molar-refractivity contribution is 0.103. The third-order valence-electron chi connectivity index (χ3n) is 5.27. The summed E-state index contributed by atoms with van der Waals surface area (Å²) in [5.74, 6) is -0.102. The highest BCUT2D eigenvalue weighted by atomic mass is 32.1. The number of para-hydroxylation sites is 1. The average Bonchev–Trinajstić information content (AvgIpc) is 3.36. The Morgan fingerprint density at radius 2 is 1.77 bits per heavy atom. The fraction of sp³-hybridized carbons (Fsp3) is 0.217. The molecule has 6 nitrogen and oxygen atoms in total. The second kappa shape index (κ2) is 7.93. The number of fused-ring (bicyclic) bond motifs is 1. The maximum atomic E-state index is 12.9. The third kappa shape index (κ3) is 3.58. The van der Waals surface area contributed by atoms with E-state index in [-0.39, 0.29) is 5.91 Å². The standard InChI is InChI=1S/C23H22N4O2S/c1-16-20-15-21(30-23(20)27(25-16)19-5-3-2-4-6-19)22(28)24-17-7-9-18(10-8-17)26-11-13-29-14-12-26/h2-10,15H,11-14H2,1H3,(H,24,28). The molecule has 1 aliphatic heterocycles. The van der Waals surface area contributed by atoms with Crippen molar-refractivity contribution in [3.63, 3.8) is 0 Å². The van der Waals surface area contributed by atoms with Gasteiger partial charge < -0.3 is 15.0 Å². The zero-order valence-electron chi connectivity index (χ0n) is 16.7. The maximum Gasteiger partial charge on any atom is 0.265 e. The summed E-state index contributed by atoms with van der Waals surface area (Å²) >= 11 is 1.46. The number of nitrogens with zero attached hydrogens (tertiary/aromatic N) is 3. The van der Waals surface area contributed by atoms with Crippen molar-refractivity contribution in [1.82, 2.24) is 9.78 Å². The summed E-state index contributed by atoms with van der Waals surface area (Å²) in [6.07, 6.45) is 0. The van der Waals surface area contributed by atoms with Crippen LogP contribution in [0.2, 0.25) is 0 Å². The summed E-state index contributed by atoms with van der Waals surface area (Å²) in [5.41, 5.74) is 3.84. The van der Waals surface area contributed by atoms with E-state index in [1.807, 2.05) is 72.3 Å². The quantitative estimate of drug-likeness (QED) is 0.531. The molecule has 1 N–H and O–H groups in total. The molecule has 3 heterocycles. The van der Waals surface area contributed by atoms with Gasteiger partial charge in [-0.1, -0.05) is 18.2 Å². The van der Waals surface area contributed by atoms with Crippen molar-refractivity contribution in [3.05, 3.63) is 71.2 Å². The van der Waals surface area contributed by atoms with Gasteiger partial charge in [0.25, 0.3) is 5.91 Å². The molecule has 1 aliphatic rings. The normalized spacial score (nSPS) is 14.2. The zero-order valence-corrected chi connectivity index (χ0v) is 17.5. The van der Waals surface area contributed by atoms with Crippen LogP contribution in [-0.2, 0) is 4.74 Å². The van der Waals surface area contributed by atoms with Gasteiger partial charge in [0.15, 0.2) is 0 Å². The molecule has 0 unspecified atom stereocenters. The number of aromatic nitrogens is 2. The Hall–Kier alpha value is -3.16. The van der Waals surface area contributed by atoms with E-state index < -0.39 is 0 Å². The fourth-order valence-corrected chi connectivity index (χ4v) is 4.75. The second-order valence-corrected chi connectivity index (χ2v) is 8.29. The number of benzene rings is 2. The van der Waals surface area contributed by atoms with Crippen molar-refractivity contribution in [2.24, 2.45) is 0 Å². The zero-order chi connectivity index (χ0) is 20.5. The molecule has 0 saturated carbocycles. The van der Waals surface area contributed by atoms with Crippen LogP contribution in [0.1, 0.15) is 15.4 Å². The number of amides is 1. The van der Waals surface area contributed by atoms with Crippen LogP contribution in [-0.4, -0.2) is 42.0 Å². The summed E-state index contributed by atoms with van der Waals surface area (Å²) in [6, 6.07) is 19.9. The molecule has 0 bridgehead atoms. The van der Waals surface area contributed by atoms with Gasteiger partial charge >= 0.3 is 0 Å². The molecule has 1 saturated heterocycles. The number of hydrogen-bond donors (Lipinski definition) is 1.